The molecule has 0 heterocycles. The van der Waals surface area contributed by atoms with Crippen molar-refractivity contribution in [2.75, 3.05) is 12.1 Å². The summed E-state index contributed by atoms with van der Waals surface area (Å²) in [5.74, 6) is -0.344. The number of benzene rings is 3. The molecule has 0 unspecified atom stereocenters. The summed E-state index contributed by atoms with van der Waals surface area (Å²) in [6, 6.07) is 27.4. The fourth-order valence-electron chi connectivity index (χ4n) is 2.51. The molecule has 0 saturated heterocycles. The number of hydrogen-bond acceptors (Lipinski definition) is 4. The van der Waals surface area contributed by atoms with Gasteiger partial charge < -0.3 is 4.74 Å². The zero-order chi connectivity index (χ0) is 18.2. The van der Waals surface area contributed by atoms with Crippen LogP contribution < -0.4 is 5.01 Å². The summed E-state index contributed by atoms with van der Waals surface area (Å²) in [5.41, 5.74) is 3.62. The van der Waals surface area contributed by atoms with Gasteiger partial charge in [0.2, 0.25) is 0 Å². The Kier molecular flexibility index (Phi) is 5.78. The quantitative estimate of drug-likeness (QED) is 0.375. The maximum absolute atomic E-state index is 11.5. The molecule has 0 aromatic heterocycles. The predicted octanol–water partition coefficient (Wildman–Crippen LogP) is 4.51. The third-order valence-electron chi connectivity index (χ3n) is 3.91. The molecule has 4 heteroatoms. The minimum atomic E-state index is -0.344. The van der Waals surface area contributed by atoms with Gasteiger partial charge in [0, 0.05) is 0 Å². The summed E-state index contributed by atoms with van der Waals surface area (Å²) in [7, 11) is 1.37. The number of methoxy groups -OCH3 is 1. The average molecular weight is 344 g/mol. The first-order valence-corrected chi connectivity index (χ1v) is 8.35. The Balaban J connectivity index is 1.81. The zero-order valence-corrected chi connectivity index (χ0v) is 14.6. The zero-order valence-electron chi connectivity index (χ0n) is 14.6. The maximum atomic E-state index is 11.5. The lowest BCUT2D eigenvalue weighted by molar-refractivity contribution is 0.0600. The van der Waals surface area contributed by atoms with E-state index < -0.39 is 0 Å². The SMILES string of the molecule is COC(=O)c1ccc(C=NN(Cc2ccccc2)c2ccccc2)cc1. The minimum absolute atomic E-state index is 0.344. The molecule has 0 aliphatic heterocycles. The highest BCUT2D eigenvalue weighted by Gasteiger charge is 2.06. The number of ether oxygens (including phenoxy) is 1. The van der Waals surface area contributed by atoms with E-state index in [4.69, 9.17) is 4.74 Å². The molecule has 4 nitrogen and oxygen atoms in total. The Labute approximate surface area is 153 Å². The summed E-state index contributed by atoms with van der Waals surface area (Å²) in [6.45, 7) is 0.668. The number of carbonyl (C=O) groups is 1. The van der Waals surface area contributed by atoms with Crippen molar-refractivity contribution in [2.24, 2.45) is 5.10 Å². The number of esters is 1. The highest BCUT2D eigenvalue weighted by Crippen LogP contribution is 2.17. The van der Waals surface area contributed by atoms with Crippen LogP contribution in [0.3, 0.4) is 0 Å². The first-order chi connectivity index (χ1) is 12.8. The molecule has 3 aromatic rings. The second kappa shape index (κ2) is 8.62. The number of rotatable bonds is 6. The van der Waals surface area contributed by atoms with Crippen LogP contribution in [-0.4, -0.2) is 19.3 Å². The van der Waals surface area contributed by atoms with E-state index >= 15 is 0 Å². The van der Waals surface area contributed by atoms with Gasteiger partial charge in [0.1, 0.15) is 0 Å². The van der Waals surface area contributed by atoms with Crippen LogP contribution in [-0.2, 0) is 11.3 Å². The Hall–Kier alpha value is -3.40. The van der Waals surface area contributed by atoms with E-state index in [9.17, 15) is 4.79 Å². The minimum Gasteiger partial charge on any atom is -0.465 e. The van der Waals surface area contributed by atoms with Crippen LogP contribution in [0.25, 0.3) is 0 Å². The molecule has 130 valence electrons. The van der Waals surface area contributed by atoms with Gasteiger partial charge in [-0.15, -0.1) is 0 Å². The van der Waals surface area contributed by atoms with E-state index in [1.807, 2.05) is 65.7 Å². The lowest BCUT2D eigenvalue weighted by Gasteiger charge is -2.19. The van der Waals surface area contributed by atoms with E-state index in [0.717, 1.165) is 11.3 Å². The van der Waals surface area contributed by atoms with Gasteiger partial charge in [-0.25, -0.2) is 4.79 Å². The molecule has 0 bridgehead atoms. The van der Waals surface area contributed by atoms with Gasteiger partial charge >= 0.3 is 5.97 Å². The summed E-state index contributed by atoms with van der Waals surface area (Å²) in [6.07, 6.45) is 1.79. The van der Waals surface area contributed by atoms with Gasteiger partial charge in [-0.05, 0) is 35.4 Å². The smallest absolute Gasteiger partial charge is 0.337 e. The maximum Gasteiger partial charge on any atom is 0.337 e. The fourth-order valence-corrected chi connectivity index (χ4v) is 2.51. The summed E-state index contributed by atoms with van der Waals surface area (Å²) in [4.78, 5) is 11.5. The monoisotopic (exact) mass is 344 g/mol. The lowest BCUT2D eigenvalue weighted by Crippen LogP contribution is -2.16. The first kappa shape index (κ1) is 17.4. The van der Waals surface area contributed by atoms with Crippen LogP contribution in [0.4, 0.5) is 5.69 Å². The summed E-state index contributed by atoms with van der Waals surface area (Å²) < 4.78 is 4.72. The standard InChI is InChI=1S/C22H20N2O2/c1-26-22(25)20-14-12-18(13-15-20)16-23-24(21-10-6-3-7-11-21)17-19-8-4-2-5-9-19/h2-16H,17H2,1H3. The molecule has 3 rings (SSSR count). The fraction of sp³-hybridized carbons (Fsp3) is 0.0909. The van der Waals surface area contributed by atoms with Crippen LogP contribution in [0, 0.1) is 0 Å². The van der Waals surface area contributed by atoms with E-state index in [2.05, 4.69) is 17.2 Å². The van der Waals surface area contributed by atoms with E-state index in [1.54, 1.807) is 18.3 Å². The molecule has 0 radical (unpaired) electrons. The van der Waals surface area contributed by atoms with Crippen molar-refractivity contribution in [1.29, 1.82) is 0 Å². The first-order valence-electron chi connectivity index (χ1n) is 8.35. The molecule has 0 aliphatic rings. The Morgan fingerprint density at radius 1 is 0.923 bits per heavy atom. The number of para-hydroxylation sites is 1. The third kappa shape index (κ3) is 4.57. The van der Waals surface area contributed by atoms with Crippen LogP contribution in [0.2, 0.25) is 0 Å². The number of hydrogen-bond donors (Lipinski definition) is 0. The Morgan fingerprint density at radius 2 is 1.54 bits per heavy atom. The van der Waals surface area contributed by atoms with Gasteiger partial charge in [-0.3, -0.25) is 5.01 Å². The lowest BCUT2D eigenvalue weighted by atomic mass is 10.1. The Morgan fingerprint density at radius 3 is 2.15 bits per heavy atom. The van der Waals surface area contributed by atoms with Crippen LogP contribution in [0.15, 0.2) is 90.0 Å². The second-order valence-corrected chi connectivity index (χ2v) is 5.74. The molecule has 0 atom stereocenters. The van der Waals surface area contributed by atoms with Crippen molar-refractivity contribution in [3.8, 4) is 0 Å². The van der Waals surface area contributed by atoms with Crippen molar-refractivity contribution in [2.45, 2.75) is 6.54 Å². The molecule has 0 N–H and O–H groups in total. The number of anilines is 1. The van der Waals surface area contributed by atoms with Gasteiger partial charge in [0.05, 0.1) is 31.1 Å². The van der Waals surface area contributed by atoms with Crippen molar-refractivity contribution in [3.05, 3.63) is 102 Å². The molecule has 26 heavy (non-hydrogen) atoms. The molecule has 0 saturated carbocycles. The van der Waals surface area contributed by atoms with Gasteiger partial charge in [-0.1, -0.05) is 60.7 Å². The molecule has 0 aliphatic carbocycles. The highest BCUT2D eigenvalue weighted by atomic mass is 16.5. The van der Waals surface area contributed by atoms with Crippen molar-refractivity contribution in [1.82, 2.24) is 0 Å². The Bertz CT molecular complexity index is 860. The van der Waals surface area contributed by atoms with Crippen LogP contribution in [0.1, 0.15) is 21.5 Å². The molecule has 0 spiro atoms. The number of nitrogens with zero attached hydrogens (tertiary/aromatic N) is 2. The van der Waals surface area contributed by atoms with Gasteiger partial charge in [0.15, 0.2) is 0 Å². The van der Waals surface area contributed by atoms with E-state index in [-0.39, 0.29) is 5.97 Å². The molecule has 3 aromatic carbocycles. The van der Waals surface area contributed by atoms with Crippen molar-refractivity contribution in [3.63, 3.8) is 0 Å². The third-order valence-corrected chi connectivity index (χ3v) is 3.91. The molecule has 0 amide bonds. The normalized spacial score (nSPS) is 10.7. The average Bonchev–Trinajstić information content (AvgIpc) is 2.72. The van der Waals surface area contributed by atoms with Crippen LogP contribution >= 0.6 is 0 Å². The van der Waals surface area contributed by atoms with Gasteiger partial charge in [-0.2, -0.15) is 5.10 Å². The topological polar surface area (TPSA) is 41.9 Å². The molecule has 0 fully saturated rings. The van der Waals surface area contributed by atoms with Gasteiger partial charge in [0.25, 0.3) is 0 Å². The van der Waals surface area contributed by atoms with E-state index in [1.165, 1.54) is 12.7 Å². The number of hydrazone groups is 1. The molecular formula is C22H20N2O2. The largest absolute Gasteiger partial charge is 0.465 e. The van der Waals surface area contributed by atoms with Crippen molar-refractivity contribution >= 4 is 17.9 Å². The van der Waals surface area contributed by atoms with E-state index in [0.29, 0.717) is 12.1 Å². The van der Waals surface area contributed by atoms with Crippen molar-refractivity contribution < 1.29 is 9.53 Å². The molecular weight excluding hydrogens is 324 g/mol. The summed E-state index contributed by atoms with van der Waals surface area (Å²) >= 11 is 0. The number of carbonyl (C=O) groups excluding carboxylic acids is 1. The summed E-state index contributed by atoms with van der Waals surface area (Å²) in [5, 5.41) is 6.59. The predicted molar refractivity (Wildman–Crippen MR) is 104 cm³/mol. The highest BCUT2D eigenvalue weighted by molar-refractivity contribution is 5.90. The van der Waals surface area contributed by atoms with Crippen LogP contribution in [0.5, 0.6) is 0 Å². The second-order valence-electron chi connectivity index (χ2n) is 5.74.